The van der Waals surface area contributed by atoms with Gasteiger partial charge in [0.2, 0.25) is 0 Å². The highest BCUT2D eigenvalue weighted by atomic mass is 35.5. The molecule has 0 spiro atoms. The molecule has 3 heterocycles. The number of carboxylic acid groups (broad SMARTS) is 3. The topological polar surface area (TPSA) is 255 Å². The van der Waals surface area contributed by atoms with Crippen LogP contribution in [-0.2, 0) is 54.6 Å². The molecule has 20 heteroatoms. The minimum Gasteiger partial charge on any atom is -0.481 e. The number of aliphatic carboxylic acids is 3. The Labute approximate surface area is 626 Å². The molecule has 3 N–H and O–H groups in total. The molecule has 3 aromatic carbocycles. The summed E-state index contributed by atoms with van der Waals surface area (Å²) in [7, 11) is 0. The number of aromatic nitrogens is 9. The summed E-state index contributed by atoms with van der Waals surface area (Å²) in [5, 5.41) is 56.7. The largest absolute Gasteiger partial charge is 0.481 e. The van der Waals surface area contributed by atoms with E-state index in [1.165, 1.54) is 56.2 Å². The van der Waals surface area contributed by atoms with Crippen LogP contribution in [0.15, 0.2) is 54.6 Å². The van der Waals surface area contributed by atoms with Crippen molar-refractivity contribution in [2.75, 3.05) is 0 Å². The van der Waals surface area contributed by atoms with Crippen molar-refractivity contribution < 1.29 is 44.1 Å². The number of hydrogen-bond donors (Lipinski definition) is 3. The predicted octanol–water partition coefficient (Wildman–Crippen LogP) is 19.2. The Hall–Kier alpha value is -6.92. The minimum absolute atomic E-state index is 0.0112. The van der Waals surface area contributed by atoms with Gasteiger partial charge in [0.1, 0.15) is 17.3 Å². The number of benzene rings is 3. The maximum absolute atomic E-state index is 13.2. The van der Waals surface area contributed by atoms with Crippen molar-refractivity contribution in [3.63, 3.8) is 0 Å². The zero-order valence-electron chi connectivity index (χ0n) is 63.5. The first kappa shape index (κ1) is 79.6. The SMILES string of the molecule is Cc1ccc(CC(=O)CC(CCC(=O)O)c2nnn(C3CC(CC(C)(C)C)C3)c2C2CC2)c(C)c1.Cc1ccc(CC(=O)CC(CCC(=O)O)c2nnn(C3CC(CC(C)(C)C)C3)c2C2CC2)c(Cl)c1.Cc1ccc(CC(=O)CC(CCC(=O)O)c2nnn(CCC3CCCCC3)c2C2CC2)c(Cl)c1. The second-order valence-corrected chi connectivity index (χ2v) is 35.4. The molecule has 6 fully saturated rings. The monoisotopic (exact) mass is 1460 g/mol. The van der Waals surface area contributed by atoms with Crippen LogP contribution in [0.4, 0.5) is 0 Å². The van der Waals surface area contributed by atoms with Gasteiger partial charge in [-0.15, -0.1) is 15.3 Å². The molecule has 0 bridgehead atoms. The van der Waals surface area contributed by atoms with Crippen LogP contribution in [0.5, 0.6) is 0 Å². The van der Waals surface area contributed by atoms with E-state index in [9.17, 15) is 44.1 Å². The number of carbonyl (C=O) groups is 6. The Bertz CT molecular complexity index is 3790. The lowest BCUT2D eigenvalue weighted by atomic mass is 9.71. The van der Waals surface area contributed by atoms with E-state index in [0.29, 0.717) is 88.7 Å². The van der Waals surface area contributed by atoms with Gasteiger partial charge in [0.15, 0.2) is 0 Å². The van der Waals surface area contributed by atoms with E-state index in [0.717, 1.165) is 151 Å². The highest BCUT2D eigenvalue weighted by Gasteiger charge is 2.43. The summed E-state index contributed by atoms with van der Waals surface area (Å²) >= 11 is 12.7. The lowest BCUT2D eigenvalue weighted by Gasteiger charge is -2.39. The van der Waals surface area contributed by atoms with Crippen LogP contribution in [0.3, 0.4) is 0 Å². The normalized spacial score (nSPS) is 19.8. The third kappa shape index (κ3) is 23.3. The fraction of sp³-hybridized carbons (Fsp3) is 0.643. The molecule has 12 rings (SSSR count). The Morgan fingerprint density at radius 1 is 0.462 bits per heavy atom. The van der Waals surface area contributed by atoms with E-state index < -0.39 is 17.9 Å². The standard InChI is InChI=1S/C29H41N3O3.C28H38ClN3O3.C27H36ClN3O3/c1-18-6-7-22(19(2)12-18)15-25(33)16-23(10-11-26(34)35)27-28(21-8-9-21)32(31-30-27)24-13-20(14-24)17-29(3,4)5;1-17-5-6-20(24(29)11-17)14-23(33)15-21(9-10-25(34)35)26-27(19-7-8-19)32(31-30-26)22-12-18(13-22)16-28(2,3)4;1-18-7-8-21(24(28)15-18)16-23(32)17-22(11-12-25(33)34)26-27(20-9-10-20)31(30-29-26)14-13-19-5-3-2-4-6-19/h6-7,12,20-21,23-24H,8-11,13-17H2,1-5H3,(H,34,35);5-6,11,18-19,21-22H,7-10,12-16H2,1-4H3,(H,34,35);7-8,15,19-20,22H,2-6,9-14,16-17H2,1H3,(H,33,34). The quantitative estimate of drug-likeness (QED) is 0.0339. The summed E-state index contributed by atoms with van der Waals surface area (Å²) in [6.45, 7) is 22.7. The van der Waals surface area contributed by atoms with Crippen molar-refractivity contribution in [2.24, 2.45) is 28.6 Å². The number of ketones is 3. The average molecular weight is 1470 g/mol. The molecule has 564 valence electrons. The van der Waals surface area contributed by atoms with Crippen molar-refractivity contribution in [3.8, 4) is 0 Å². The first-order chi connectivity index (χ1) is 49.4. The van der Waals surface area contributed by atoms with Gasteiger partial charge >= 0.3 is 17.9 Å². The molecule has 6 aromatic rings. The van der Waals surface area contributed by atoms with Crippen molar-refractivity contribution in [1.29, 1.82) is 0 Å². The van der Waals surface area contributed by atoms with Crippen molar-refractivity contribution in [2.45, 2.75) is 316 Å². The Kier molecular flexibility index (Phi) is 27.3. The average Bonchev–Trinajstić information content (AvgIpc) is 1.59. The van der Waals surface area contributed by atoms with Crippen LogP contribution in [0.1, 0.15) is 336 Å². The summed E-state index contributed by atoms with van der Waals surface area (Å²) in [4.78, 5) is 73.5. The molecule has 3 unspecified atom stereocenters. The first-order valence-corrected chi connectivity index (χ1v) is 39.8. The van der Waals surface area contributed by atoms with Crippen LogP contribution in [0.25, 0.3) is 0 Å². The minimum atomic E-state index is -0.853. The zero-order chi connectivity index (χ0) is 74.7. The molecular weight excluding hydrogens is 1350 g/mol. The lowest BCUT2D eigenvalue weighted by Crippen LogP contribution is -2.31. The van der Waals surface area contributed by atoms with Gasteiger partial charge in [0, 0.05) is 110 Å². The predicted molar refractivity (Wildman–Crippen MR) is 406 cm³/mol. The number of carboxylic acids is 3. The van der Waals surface area contributed by atoms with Gasteiger partial charge < -0.3 is 15.3 Å². The Balaban J connectivity index is 0.000000167. The van der Waals surface area contributed by atoms with E-state index in [1.54, 1.807) is 0 Å². The van der Waals surface area contributed by atoms with E-state index in [-0.39, 0.29) is 80.0 Å². The van der Waals surface area contributed by atoms with Gasteiger partial charge in [-0.1, -0.05) is 161 Å². The number of aryl methyl sites for hydroxylation is 5. The molecule has 6 aliphatic rings. The second-order valence-electron chi connectivity index (χ2n) is 34.6. The fourth-order valence-electron chi connectivity index (χ4n) is 16.7. The maximum Gasteiger partial charge on any atom is 0.303 e. The van der Waals surface area contributed by atoms with Gasteiger partial charge in [0.25, 0.3) is 0 Å². The molecule has 6 saturated carbocycles. The van der Waals surface area contributed by atoms with Crippen LogP contribution < -0.4 is 0 Å². The van der Waals surface area contributed by atoms with Gasteiger partial charge in [-0.2, -0.15) is 0 Å². The summed E-state index contributed by atoms with van der Waals surface area (Å²) in [5.74, 6) is 0.551. The molecule has 0 saturated heterocycles. The molecule has 0 aliphatic heterocycles. The number of carbonyl (C=O) groups excluding carboxylic acids is 3. The smallest absolute Gasteiger partial charge is 0.303 e. The van der Waals surface area contributed by atoms with Gasteiger partial charge in [0.05, 0.1) is 46.2 Å². The molecule has 3 atom stereocenters. The van der Waals surface area contributed by atoms with Gasteiger partial charge in [-0.05, 0) is 205 Å². The molecule has 18 nitrogen and oxygen atoms in total. The number of hydrogen-bond acceptors (Lipinski definition) is 12. The molecule has 6 aliphatic carbocycles. The molecule has 104 heavy (non-hydrogen) atoms. The van der Waals surface area contributed by atoms with E-state index in [1.807, 2.05) is 69.3 Å². The molecule has 3 aromatic heterocycles. The molecule has 0 amide bonds. The highest BCUT2D eigenvalue weighted by molar-refractivity contribution is 6.32. The Morgan fingerprint density at radius 3 is 1.18 bits per heavy atom. The lowest BCUT2D eigenvalue weighted by molar-refractivity contribution is -0.138. The molecular formula is C84H115Cl2N9O9. The van der Waals surface area contributed by atoms with Crippen LogP contribution in [0.2, 0.25) is 10.0 Å². The maximum atomic E-state index is 13.2. The second kappa shape index (κ2) is 35.7. The summed E-state index contributed by atoms with van der Waals surface area (Å²) in [6.07, 6.45) is 24.3. The molecule has 0 radical (unpaired) electrons. The third-order valence-electron chi connectivity index (χ3n) is 22.4. The van der Waals surface area contributed by atoms with E-state index in [4.69, 9.17) is 23.2 Å². The van der Waals surface area contributed by atoms with Gasteiger partial charge in [-0.3, -0.25) is 28.8 Å². The highest BCUT2D eigenvalue weighted by Crippen LogP contribution is 2.52. The summed E-state index contributed by atoms with van der Waals surface area (Å²) in [5.41, 5.74) is 13.8. The van der Waals surface area contributed by atoms with E-state index >= 15 is 0 Å². The van der Waals surface area contributed by atoms with Crippen molar-refractivity contribution in [1.82, 2.24) is 45.0 Å². The van der Waals surface area contributed by atoms with E-state index in [2.05, 4.69) is 99.5 Å². The number of rotatable bonds is 34. The number of halogens is 2. The van der Waals surface area contributed by atoms with Crippen molar-refractivity contribution in [3.05, 3.63) is 138 Å². The van der Waals surface area contributed by atoms with Crippen molar-refractivity contribution >= 4 is 58.5 Å². The van der Waals surface area contributed by atoms with Crippen LogP contribution in [0, 0.1) is 56.3 Å². The number of Topliss-reactive ketones (excluding diaryl/α,β-unsaturated/α-hetero) is 3. The number of nitrogens with zero attached hydrogens (tertiary/aromatic N) is 9. The summed E-state index contributed by atoms with van der Waals surface area (Å²) in [6, 6.07) is 18.4. The summed E-state index contributed by atoms with van der Waals surface area (Å²) < 4.78 is 6.34. The van der Waals surface area contributed by atoms with Crippen LogP contribution in [-0.4, -0.2) is 95.6 Å². The van der Waals surface area contributed by atoms with Gasteiger partial charge in [-0.25, -0.2) is 14.0 Å². The first-order valence-electron chi connectivity index (χ1n) is 39.0. The third-order valence-corrected chi connectivity index (χ3v) is 23.1. The zero-order valence-corrected chi connectivity index (χ0v) is 65.1. The Morgan fingerprint density at radius 2 is 0.817 bits per heavy atom. The van der Waals surface area contributed by atoms with Crippen LogP contribution >= 0.6 is 23.2 Å². The fourth-order valence-corrected chi connectivity index (χ4v) is 17.3.